The molecule has 6 nitrogen and oxygen atoms in total. The average molecular weight is 472 g/mol. The molecule has 1 saturated carbocycles. The standard InChI is InChI=1S/C27H22F2N4O2/c28-18-7-9-19(10-8-18)33-24-12-11-20(13-17(24)15-30-33)32-25(34)14-23(31-27(35)16-5-6-16)26(32)21-3-1-2-4-22(21)29/h1-4,7-13,15-16,23,26H,5-6,14H2,(H,31,35)/t23-,26+/m1/s1. The third kappa shape index (κ3) is 3.84. The lowest BCUT2D eigenvalue weighted by Crippen LogP contribution is -2.41. The van der Waals surface area contributed by atoms with Gasteiger partial charge in [0.1, 0.15) is 11.6 Å². The van der Waals surface area contributed by atoms with Gasteiger partial charge in [-0.3, -0.25) is 9.59 Å². The molecule has 1 N–H and O–H groups in total. The largest absolute Gasteiger partial charge is 0.350 e. The Morgan fingerprint density at radius 3 is 2.46 bits per heavy atom. The van der Waals surface area contributed by atoms with Crippen molar-refractivity contribution in [1.29, 1.82) is 0 Å². The molecule has 1 aromatic heterocycles. The fourth-order valence-electron chi connectivity index (χ4n) is 4.84. The number of anilines is 1. The second-order valence-corrected chi connectivity index (χ2v) is 9.10. The van der Waals surface area contributed by atoms with Crippen LogP contribution in [0.1, 0.15) is 30.9 Å². The number of carbonyl (C=O) groups excluding carboxylic acids is 2. The number of fused-ring (bicyclic) bond motifs is 1. The molecule has 3 aromatic carbocycles. The van der Waals surface area contributed by atoms with Crippen molar-refractivity contribution >= 4 is 28.4 Å². The van der Waals surface area contributed by atoms with Gasteiger partial charge in [-0.25, -0.2) is 13.5 Å². The third-order valence-electron chi connectivity index (χ3n) is 6.72. The first kappa shape index (κ1) is 21.5. The summed E-state index contributed by atoms with van der Waals surface area (Å²) in [6.45, 7) is 0. The van der Waals surface area contributed by atoms with E-state index in [1.54, 1.807) is 52.2 Å². The van der Waals surface area contributed by atoms with E-state index in [4.69, 9.17) is 0 Å². The molecule has 2 aliphatic rings. The zero-order valence-corrected chi connectivity index (χ0v) is 18.7. The fraction of sp³-hybridized carbons (Fsp3) is 0.222. The first-order chi connectivity index (χ1) is 17.0. The first-order valence-corrected chi connectivity index (χ1v) is 11.6. The molecule has 35 heavy (non-hydrogen) atoms. The summed E-state index contributed by atoms with van der Waals surface area (Å²) in [5, 5.41) is 8.20. The van der Waals surface area contributed by atoms with E-state index in [0.29, 0.717) is 16.9 Å². The normalized spacial score (nSPS) is 19.9. The number of hydrogen-bond acceptors (Lipinski definition) is 3. The summed E-state index contributed by atoms with van der Waals surface area (Å²) in [5.74, 6) is -1.05. The predicted octanol–water partition coefficient (Wildman–Crippen LogP) is 4.68. The summed E-state index contributed by atoms with van der Waals surface area (Å²) >= 11 is 0. The SMILES string of the molecule is O=C(N[C@@H]1CC(=O)N(c2ccc3c(cnn3-c3ccc(F)cc3)c2)[C@H]1c1ccccc1F)C1CC1. The third-order valence-corrected chi connectivity index (χ3v) is 6.72. The van der Waals surface area contributed by atoms with Crippen LogP contribution < -0.4 is 10.2 Å². The number of hydrogen-bond donors (Lipinski definition) is 1. The van der Waals surface area contributed by atoms with Crippen LogP contribution >= 0.6 is 0 Å². The molecule has 8 heteroatoms. The van der Waals surface area contributed by atoms with E-state index in [-0.39, 0.29) is 30.0 Å². The van der Waals surface area contributed by atoms with Crippen LogP contribution in [0.2, 0.25) is 0 Å². The van der Waals surface area contributed by atoms with Crippen molar-refractivity contribution in [3.8, 4) is 5.69 Å². The number of rotatable bonds is 5. The molecule has 0 spiro atoms. The molecular formula is C27H22F2N4O2. The summed E-state index contributed by atoms with van der Waals surface area (Å²) in [7, 11) is 0. The van der Waals surface area contributed by atoms with E-state index in [1.807, 2.05) is 12.1 Å². The number of nitrogens with zero attached hydrogens (tertiary/aromatic N) is 3. The number of benzene rings is 3. The van der Waals surface area contributed by atoms with Crippen LogP contribution in [0.3, 0.4) is 0 Å². The highest BCUT2D eigenvalue weighted by molar-refractivity contribution is 6.00. The zero-order chi connectivity index (χ0) is 24.1. The summed E-state index contributed by atoms with van der Waals surface area (Å²) < 4.78 is 30.0. The lowest BCUT2D eigenvalue weighted by molar-refractivity contribution is -0.123. The Labute approximate surface area is 200 Å². The number of halogens is 2. The van der Waals surface area contributed by atoms with Crippen molar-refractivity contribution in [3.05, 3.63) is 90.1 Å². The van der Waals surface area contributed by atoms with Crippen molar-refractivity contribution in [1.82, 2.24) is 15.1 Å². The fourth-order valence-corrected chi connectivity index (χ4v) is 4.84. The summed E-state index contributed by atoms with van der Waals surface area (Å²) in [6.07, 6.45) is 3.45. The maximum atomic E-state index is 14.9. The van der Waals surface area contributed by atoms with Gasteiger partial charge in [0, 0.05) is 29.0 Å². The highest BCUT2D eigenvalue weighted by Crippen LogP contribution is 2.40. The van der Waals surface area contributed by atoms with Crippen molar-refractivity contribution in [2.75, 3.05) is 4.90 Å². The Balaban J connectivity index is 1.39. The number of nitrogens with one attached hydrogen (secondary N) is 1. The zero-order valence-electron chi connectivity index (χ0n) is 18.7. The van der Waals surface area contributed by atoms with Crippen LogP contribution in [0.15, 0.2) is 72.9 Å². The number of aromatic nitrogens is 2. The van der Waals surface area contributed by atoms with Crippen molar-refractivity contribution < 1.29 is 18.4 Å². The first-order valence-electron chi connectivity index (χ1n) is 11.6. The average Bonchev–Trinajstić information content (AvgIpc) is 3.55. The molecule has 6 rings (SSSR count). The quantitative estimate of drug-likeness (QED) is 0.459. The molecule has 4 aromatic rings. The van der Waals surface area contributed by atoms with Gasteiger partial charge in [0.05, 0.1) is 29.5 Å². The molecule has 2 amide bonds. The Morgan fingerprint density at radius 1 is 0.971 bits per heavy atom. The van der Waals surface area contributed by atoms with Crippen LogP contribution in [-0.4, -0.2) is 27.6 Å². The van der Waals surface area contributed by atoms with Crippen LogP contribution in [0, 0.1) is 17.6 Å². The van der Waals surface area contributed by atoms with Gasteiger partial charge in [0.15, 0.2) is 0 Å². The highest BCUT2D eigenvalue weighted by Gasteiger charge is 2.45. The molecule has 2 fully saturated rings. The Hall–Kier alpha value is -4.07. The highest BCUT2D eigenvalue weighted by atomic mass is 19.1. The molecule has 1 aliphatic carbocycles. The van der Waals surface area contributed by atoms with Gasteiger partial charge in [-0.15, -0.1) is 0 Å². The molecule has 2 atom stereocenters. The van der Waals surface area contributed by atoms with E-state index in [9.17, 15) is 18.4 Å². The van der Waals surface area contributed by atoms with Gasteiger partial charge in [-0.2, -0.15) is 5.10 Å². The minimum atomic E-state index is -0.670. The second kappa shape index (κ2) is 8.30. The van der Waals surface area contributed by atoms with E-state index in [0.717, 1.165) is 23.7 Å². The Bertz CT molecular complexity index is 1450. The molecule has 176 valence electrons. The van der Waals surface area contributed by atoms with Gasteiger partial charge in [-0.05, 0) is 61.4 Å². The lowest BCUT2D eigenvalue weighted by Gasteiger charge is -2.29. The topological polar surface area (TPSA) is 67.2 Å². The number of carbonyl (C=O) groups is 2. The van der Waals surface area contributed by atoms with Crippen LogP contribution in [0.25, 0.3) is 16.6 Å². The molecule has 0 unspecified atom stereocenters. The van der Waals surface area contributed by atoms with Gasteiger partial charge in [0.2, 0.25) is 11.8 Å². The lowest BCUT2D eigenvalue weighted by atomic mass is 9.98. The summed E-state index contributed by atoms with van der Waals surface area (Å²) in [5.41, 5.74) is 2.45. The molecule has 0 bridgehead atoms. The van der Waals surface area contributed by atoms with Gasteiger partial charge < -0.3 is 10.2 Å². The van der Waals surface area contributed by atoms with Gasteiger partial charge in [0.25, 0.3) is 0 Å². The second-order valence-electron chi connectivity index (χ2n) is 9.10. The van der Waals surface area contributed by atoms with Crippen LogP contribution in [0.4, 0.5) is 14.5 Å². The Morgan fingerprint density at radius 2 is 1.71 bits per heavy atom. The molecule has 0 radical (unpaired) electrons. The van der Waals surface area contributed by atoms with Crippen molar-refractivity contribution in [2.24, 2.45) is 5.92 Å². The molecular weight excluding hydrogens is 450 g/mol. The van der Waals surface area contributed by atoms with Crippen molar-refractivity contribution in [3.63, 3.8) is 0 Å². The van der Waals surface area contributed by atoms with Crippen molar-refractivity contribution in [2.45, 2.75) is 31.3 Å². The summed E-state index contributed by atoms with van der Waals surface area (Å²) in [4.78, 5) is 27.3. The van der Waals surface area contributed by atoms with Crippen LogP contribution in [0.5, 0.6) is 0 Å². The monoisotopic (exact) mass is 472 g/mol. The molecule has 1 saturated heterocycles. The smallest absolute Gasteiger partial charge is 0.229 e. The molecule has 2 heterocycles. The minimum absolute atomic E-state index is 0.0194. The van der Waals surface area contributed by atoms with Crippen LogP contribution in [-0.2, 0) is 9.59 Å². The number of amides is 2. The van der Waals surface area contributed by atoms with E-state index in [2.05, 4.69) is 10.4 Å². The maximum absolute atomic E-state index is 14.9. The van der Waals surface area contributed by atoms with E-state index in [1.165, 1.54) is 18.2 Å². The minimum Gasteiger partial charge on any atom is -0.350 e. The van der Waals surface area contributed by atoms with E-state index < -0.39 is 17.9 Å². The predicted molar refractivity (Wildman–Crippen MR) is 127 cm³/mol. The maximum Gasteiger partial charge on any atom is 0.229 e. The van der Waals surface area contributed by atoms with E-state index >= 15 is 0 Å². The van der Waals surface area contributed by atoms with Gasteiger partial charge in [-0.1, -0.05) is 18.2 Å². The molecule has 1 aliphatic heterocycles. The summed E-state index contributed by atoms with van der Waals surface area (Å²) in [6, 6.07) is 16.6. The van der Waals surface area contributed by atoms with Gasteiger partial charge >= 0.3 is 0 Å². The Kier molecular flexibility index (Phi) is 5.09.